The second-order valence-corrected chi connectivity index (χ2v) is 13.2. The van der Waals surface area contributed by atoms with Crippen molar-refractivity contribution in [2.75, 3.05) is 59.5 Å². The monoisotopic (exact) mass is 620 g/mol. The summed E-state index contributed by atoms with van der Waals surface area (Å²) >= 11 is 6.14. The quantitative estimate of drug-likeness (QED) is 0.412. The zero-order valence-corrected chi connectivity index (χ0v) is 24.8. The number of halogens is 1. The molecule has 15 heteroatoms. The number of aromatic amines is 1. The molecule has 6 rings (SSSR count). The Morgan fingerprint density at radius 3 is 2.71 bits per heavy atom. The van der Waals surface area contributed by atoms with Gasteiger partial charge in [0.2, 0.25) is 5.91 Å². The molecule has 0 aliphatic carbocycles. The van der Waals surface area contributed by atoms with Crippen molar-refractivity contribution < 1.29 is 32.3 Å². The summed E-state index contributed by atoms with van der Waals surface area (Å²) in [6.07, 6.45) is 0.590. The third-order valence-corrected chi connectivity index (χ3v) is 10.3. The molecular weight excluding hydrogens is 588 g/mol. The fraction of sp³-hybridized carbons (Fsp3) is 0.519. The van der Waals surface area contributed by atoms with Crippen molar-refractivity contribution >= 4 is 44.3 Å². The van der Waals surface area contributed by atoms with E-state index in [1.54, 1.807) is 23.1 Å². The van der Waals surface area contributed by atoms with Crippen molar-refractivity contribution in [2.24, 2.45) is 0 Å². The fourth-order valence-electron chi connectivity index (χ4n) is 5.87. The van der Waals surface area contributed by atoms with Crippen LogP contribution in [0, 0.1) is 0 Å². The summed E-state index contributed by atoms with van der Waals surface area (Å²) < 4.78 is 40.4. The molecule has 1 atom stereocenters. The second-order valence-electron chi connectivity index (χ2n) is 10.9. The number of aromatic nitrogens is 2. The lowest BCUT2D eigenvalue weighted by molar-refractivity contribution is -0.136. The third kappa shape index (κ3) is 5.42. The average molecular weight is 621 g/mol. The molecule has 2 N–H and O–H groups in total. The molecule has 2 saturated heterocycles. The number of nitrogens with zero attached hydrogens (tertiary/aromatic N) is 5. The number of hydrogen-bond donors (Lipinski definition) is 2. The number of rotatable bonds is 6. The van der Waals surface area contributed by atoms with E-state index in [0.29, 0.717) is 61.0 Å². The topological polar surface area (TPSA) is 153 Å². The number of morpholine rings is 1. The van der Waals surface area contributed by atoms with Crippen LogP contribution in [0.2, 0.25) is 5.02 Å². The number of aliphatic hydroxyl groups is 1. The summed E-state index contributed by atoms with van der Waals surface area (Å²) in [5, 5.41) is 10.9. The number of nitrogens with one attached hydrogen (secondary N) is 1. The highest BCUT2D eigenvalue weighted by Gasteiger charge is 2.41. The van der Waals surface area contributed by atoms with Crippen molar-refractivity contribution in [1.82, 2.24) is 29.0 Å². The van der Waals surface area contributed by atoms with Gasteiger partial charge >= 0.3 is 5.91 Å². The van der Waals surface area contributed by atoms with Crippen molar-refractivity contribution in [3.8, 4) is 0 Å². The van der Waals surface area contributed by atoms with Gasteiger partial charge in [0, 0.05) is 73.6 Å². The van der Waals surface area contributed by atoms with Gasteiger partial charge in [0.1, 0.15) is 5.76 Å². The van der Waals surface area contributed by atoms with Gasteiger partial charge < -0.3 is 29.0 Å². The van der Waals surface area contributed by atoms with Crippen LogP contribution in [0.3, 0.4) is 0 Å². The number of sulfonamides is 1. The lowest BCUT2D eigenvalue weighted by Crippen LogP contribution is -2.58. The molecule has 3 aromatic rings. The van der Waals surface area contributed by atoms with Crippen LogP contribution in [0.4, 0.5) is 0 Å². The summed E-state index contributed by atoms with van der Waals surface area (Å²) in [4.78, 5) is 39.7. The van der Waals surface area contributed by atoms with Gasteiger partial charge in [-0.2, -0.15) is 4.31 Å². The van der Waals surface area contributed by atoms with Crippen LogP contribution in [0.5, 0.6) is 0 Å². The predicted octanol–water partition coefficient (Wildman–Crippen LogP) is 1.05. The number of amides is 2. The Labute approximate surface area is 248 Å². The van der Waals surface area contributed by atoms with Crippen molar-refractivity contribution in [3.05, 3.63) is 46.1 Å². The van der Waals surface area contributed by atoms with Crippen molar-refractivity contribution in [2.45, 2.75) is 37.1 Å². The van der Waals surface area contributed by atoms with E-state index in [2.05, 4.69) is 14.9 Å². The Kier molecular flexibility index (Phi) is 8.02. The predicted molar refractivity (Wildman–Crippen MR) is 151 cm³/mol. The van der Waals surface area contributed by atoms with Crippen LogP contribution < -0.4 is 0 Å². The first-order chi connectivity index (χ1) is 20.2. The number of hydrogen-bond acceptors (Lipinski definition) is 9. The molecule has 0 bridgehead atoms. The van der Waals surface area contributed by atoms with E-state index in [9.17, 15) is 23.1 Å². The highest BCUT2D eigenvalue weighted by atomic mass is 35.5. The normalized spacial score (nSPS) is 20.7. The minimum atomic E-state index is -4.15. The number of H-pyrrole nitrogens is 1. The summed E-state index contributed by atoms with van der Waals surface area (Å²) in [7, 11) is -2.19. The maximum atomic E-state index is 14.0. The van der Waals surface area contributed by atoms with E-state index >= 15 is 0 Å². The van der Waals surface area contributed by atoms with E-state index < -0.39 is 28.6 Å². The lowest BCUT2D eigenvalue weighted by Gasteiger charge is -2.40. The first-order valence-corrected chi connectivity index (χ1v) is 15.7. The molecule has 2 aromatic heterocycles. The number of fused-ring (bicyclic) bond motifs is 2. The number of likely N-dealkylation sites (N-methyl/N-ethyl adjacent to an activating group) is 1. The van der Waals surface area contributed by atoms with Gasteiger partial charge in [0.15, 0.2) is 5.03 Å². The Bertz CT molecular complexity index is 1620. The number of aliphatic hydroxyl groups excluding tert-OH is 1. The first-order valence-electron chi connectivity index (χ1n) is 13.9. The molecule has 5 heterocycles. The highest BCUT2D eigenvalue weighted by molar-refractivity contribution is 7.89. The van der Waals surface area contributed by atoms with Crippen LogP contribution in [0.25, 0.3) is 10.9 Å². The summed E-state index contributed by atoms with van der Waals surface area (Å²) in [5.74, 6) is -0.0691. The van der Waals surface area contributed by atoms with E-state index in [-0.39, 0.29) is 48.4 Å². The molecular formula is C27H33ClN6O7S. The van der Waals surface area contributed by atoms with Gasteiger partial charge in [-0.15, -0.1) is 0 Å². The van der Waals surface area contributed by atoms with E-state index in [0.717, 1.165) is 12.2 Å². The molecule has 0 spiro atoms. The van der Waals surface area contributed by atoms with Crippen LogP contribution in [-0.2, 0) is 39.1 Å². The average Bonchev–Trinajstić information content (AvgIpc) is 3.58. The number of oxazole rings is 1. The molecule has 226 valence electrons. The lowest BCUT2D eigenvalue weighted by atomic mass is 10.1. The molecule has 3 aliphatic heterocycles. The number of carbonyl (C=O) groups excluding carboxylic acids is 2. The summed E-state index contributed by atoms with van der Waals surface area (Å²) in [6.45, 7) is 2.43. The van der Waals surface area contributed by atoms with Gasteiger partial charge in [0.05, 0.1) is 38.1 Å². The number of carbonyl (C=O) groups is 2. The maximum absolute atomic E-state index is 14.0. The molecule has 42 heavy (non-hydrogen) atoms. The fourth-order valence-corrected chi connectivity index (χ4v) is 7.72. The minimum absolute atomic E-state index is 0.0134. The van der Waals surface area contributed by atoms with Crippen LogP contribution in [-0.4, -0.2) is 120 Å². The second kappa shape index (κ2) is 11.6. The Balaban J connectivity index is 1.30. The zero-order chi connectivity index (χ0) is 29.6. The smallest absolute Gasteiger partial charge is 0.310 e. The molecule has 1 unspecified atom stereocenters. The molecule has 0 radical (unpaired) electrons. The summed E-state index contributed by atoms with van der Waals surface area (Å²) in [5.41, 5.74) is 1.48. The van der Waals surface area contributed by atoms with Gasteiger partial charge in [-0.1, -0.05) is 11.6 Å². The largest absolute Gasteiger partial charge is 0.436 e. The van der Waals surface area contributed by atoms with Crippen molar-refractivity contribution in [1.29, 1.82) is 0 Å². The summed E-state index contributed by atoms with van der Waals surface area (Å²) in [6, 6.07) is 4.13. The molecule has 3 aliphatic rings. The number of ether oxygens (including phenoxy) is 1. The highest BCUT2D eigenvalue weighted by Crippen LogP contribution is 2.32. The Hall–Kier alpha value is -3.01. The SMILES string of the molecule is CN1CCc2nc(C(=O)N3CCN(S(=O)(=O)c4[nH]c5ccc(Cl)cc5c4CO)CC3CC(=O)N3CCOCC3)oc2C1. The van der Waals surface area contributed by atoms with Crippen LogP contribution in [0.15, 0.2) is 27.6 Å². The first kappa shape index (κ1) is 29.1. The standard InChI is InChI=1S/C27H33ClN6O7S/c1-31-5-4-22-23(15-31)41-25(29-22)27(37)34-7-6-33(14-18(34)13-24(36)32-8-10-40-11-9-32)42(38,39)26-20(16-35)19-12-17(28)2-3-21(19)30-26/h2-3,12,18,30,35H,4-11,13-16H2,1H3. The minimum Gasteiger partial charge on any atom is -0.436 e. The van der Waals surface area contributed by atoms with Crippen LogP contribution in [0.1, 0.15) is 34.1 Å². The van der Waals surface area contributed by atoms with Gasteiger partial charge in [0.25, 0.3) is 15.9 Å². The van der Waals surface area contributed by atoms with E-state index in [1.807, 2.05) is 7.05 Å². The molecule has 13 nitrogen and oxygen atoms in total. The van der Waals surface area contributed by atoms with Gasteiger partial charge in [-0.05, 0) is 25.2 Å². The molecule has 1 aromatic carbocycles. The van der Waals surface area contributed by atoms with E-state index in [4.69, 9.17) is 20.8 Å². The Morgan fingerprint density at radius 2 is 1.95 bits per heavy atom. The number of benzene rings is 1. The third-order valence-electron chi connectivity index (χ3n) is 8.17. The Morgan fingerprint density at radius 1 is 1.17 bits per heavy atom. The molecule has 2 amide bonds. The van der Waals surface area contributed by atoms with Crippen molar-refractivity contribution in [3.63, 3.8) is 0 Å². The molecule has 0 saturated carbocycles. The molecule has 2 fully saturated rings. The van der Waals surface area contributed by atoms with Gasteiger partial charge in [-0.25, -0.2) is 13.4 Å². The van der Waals surface area contributed by atoms with Crippen LogP contribution >= 0.6 is 11.6 Å². The zero-order valence-electron chi connectivity index (χ0n) is 23.2. The van der Waals surface area contributed by atoms with Gasteiger partial charge in [-0.3, -0.25) is 14.5 Å². The van der Waals surface area contributed by atoms with E-state index in [1.165, 1.54) is 9.21 Å². The maximum Gasteiger partial charge on any atom is 0.310 e. The number of piperazine rings is 1.